The van der Waals surface area contributed by atoms with Crippen LogP contribution in [-0.4, -0.2) is 17.2 Å². The Morgan fingerprint density at radius 2 is 1.37 bits per heavy atom. The van der Waals surface area contributed by atoms with Crippen molar-refractivity contribution < 1.29 is 4.79 Å². The number of nitrogens with zero attached hydrogens (tertiary/aromatic N) is 1. The molecular weight excluding hydrogens is 386 g/mol. The van der Waals surface area contributed by atoms with Crippen LogP contribution in [0.4, 0.5) is 0 Å². The molecule has 3 aromatic carbocycles. The van der Waals surface area contributed by atoms with E-state index >= 15 is 0 Å². The molecule has 0 atom stereocenters. The van der Waals surface area contributed by atoms with Crippen molar-refractivity contribution in [1.82, 2.24) is 4.90 Å². The van der Waals surface area contributed by atoms with Gasteiger partial charge in [-0.2, -0.15) is 0 Å². The summed E-state index contributed by atoms with van der Waals surface area (Å²) >= 11 is 1.70. The van der Waals surface area contributed by atoms with Gasteiger partial charge in [-0.05, 0) is 36.0 Å². The van der Waals surface area contributed by atoms with Crippen LogP contribution in [0.2, 0.25) is 0 Å². The van der Waals surface area contributed by atoms with E-state index in [0.717, 1.165) is 47.5 Å². The van der Waals surface area contributed by atoms with Crippen LogP contribution in [0.5, 0.6) is 0 Å². The second-order valence-corrected chi connectivity index (χ2v) is 8.51. The second kappa shape index (κ2) is 8.37. The van der Waals surface area contributed by atoms with E-state index in [0.29, 0.717) is 0 Å². The lowest BCUT2D eigenvalue weighted by Gasteiger charge is -2.23. The quantitative estimate of drug-likeness (QED) is 0.434. The summed E-state index contributed by atoms with van der Waals surface area (Å²) in [6.45, 7) is 0.965. The molecule has 0 aliphatic carbocycles. The first-order valence-electron chi connectivity index (χ1n) is 10.4. The van der Waals surface area contributed by atoms with E-state index in [1.807, 2.05) is 36.4 Å². The van der Waals surface area contributed by atoms with Crippen molar-refractivity contribution in [2.45, 2.75) is 19.3 Å². The number of hydrogen-bond donors (Lipinski definition) is 0. The first kappa shape index (κ1) is 19.0. The Kier molecular flexibility index (Phi) is 5.29. The zero-order valence-electron chi connectivity index (χ0n) is 16.8. The molecule has 30 heavy (non-hydrogen) atoms. The third kappa shape index (κ3) is 3.61. The van der Waals surface area contributed by atoms with Crippen LogP contribution in [0.3, 0.4) is 0 Å². The minimum Gasteiger partial charge on any atom is -0.335 e. The summed E-state index contributed by atoms with van der Waals surface area (Å²) in [7, 11) is 0. The lowest BCUT2D eigenvalue weighted by molar-refractivity contribution is 0.102. The monoisotopic (exact) mass is 409 g/mol. The van der Waals surface area contributed by atoms with Crippen LogP contribution in [0.1, 0.15) is 35.2 Å². The largest absolute Gasteiger partial charge is 0.335 e. The van der Waals surface area contributed by atoms with E-state index in [2.05, 4.69) is 58.8 Å². The fourth-order valence-electron chi connectivity index (χ4n) is 4.15. The molecule has 0 saturated carbocycles. The molecule has 0 N–H and O–H groups in total. The highest BCUT2D eigenvalue weighted by molar-refractivity contribution is 8.06. The van der Waals surface area contributed by atoms with Gasteiger partial charge in [-0.1, -0.05) is 96.7 Å². The Morgan fingerprint density at radius 3 is 2.07 bits per heavy atom. The number of carbonyl (C=O) groups excluding carboxylic acids is 1. The lowest BCUT2D eigenvalue weighted by Crippen LogP contribution is -2.19. The van der Waals surface area contributed by atoms with Gasteiger partial charge in [-0.25, -0.2) is 0 Å². The molecule has 0 saturated heterocycles. The summed E-state index contributed by atoms with van der Waals surface area (Å²) in [5.74, 6) is 0.159. The van der Waals surface area contributed by atoms with Crippen molar-refractivity contribution in [3.05, 3.63) is 112 Å². The standard InChI is InChI=1S/C27H23NOS/c29-26(23-16-14-21(15-17-23)20-9-3-1-4-10-20)24-13-7-8-18-28-25(19-30-27(24)28)22-11-5-2-6-12-22/h1-6,9-12,14-17,19H,7-8,13,18H2. The van der Waals surface area contributed by atoms with E-state index in [1.165, 1.54) is 16.8 Å². The fourth-order valence-corrected chi connectivity index (χ4v) is 5.29. The summed E-state index contributed by atoms with van der Waals surface area (Å²) in [6, 6.07) is 28.8. The van der Waals surface area contributed by atoms with Crippen LogP contribution >= 0.6 is 11.8 Å². The normalized spacial score (nSPS) is 16.1. The number of allylic oxidation sites excluding steroid dienone is 1. The molecule has 2 heterocycles. The predicted octanol–water partition coefficient (Wildman–Crippen LogP) is 6.98. The highest BCUT2D eigenvalue weighted by Crippen LogP contribution is 2.44. The number of hydrogen-bond acceptors (Lipinski definition) is 3. The van der Waals surface area contributed by atoms with Crippen LogP contribution in [-0.2, 0) is 0 Å². The van der Waals surface area contributed by atoms with Gasteiger partial charge < -0.3 is 4.90 Å². The smallest absolute Gasteiger partial charge is 0.191 e. The molecule has 5 rings (SSSR count). The number of Topliss-reactive ketones (excluding diaryl/α,β-unsaturated/α-hetero) is 1. The minimum absolute atomic E-state index is 0.159. The second-order valence-electron chi connectivity index (χ2n) is 7.65. The van der Waals surface area contributed by atoms with Crippen molar-refractivity contribution >= 4 is 23.2 Å². The summed E-state index contributed by atoms with van der Waals surface area (Å²) < 4.78 is 0. The minimum atomic E-state index is 0.159. The van der Waals surface area contributed by atoms with E-state index in [9.17, 15) is 4.79 Å². The van der Waals surface area contributed by atoms with Gasteiger partial charge in [0.15, 0.2) is 5.78 Å². The van der Waals surface area contributed by atoms with Crippen molar-refractivity contribution in [1.29, 1.82) is 0 Å². The van der Waals surface area contributed by atoms with Crippen molar-refractivity contribution in [3.8, 4) is 11.1 Å². The van der Waals surface area contributed by atoms with Crippen LogP contribution in [0, 0.1) is 0 Å². The van der Waals surface area contributed by atoms with Crippen LogP contribution < -0.4 is 0 Å². The van der Waals surface area contributed by atoms with E-state index in [-0.39, 0.29) is 5.78 Å². The number of rotatable bonds is 4. The predicted molar refractivity (Wildman–Crippen MR) is 126 cm³/mol. The number of ketones is 1. The third-order valence-electron chi connectivity index (χ3n) is 5.73. The molecule has 0 spiro atoms. The van der Waals surface area contributed by atoms with Crippen molar-refractivity contribution in [2.24, 2.45) is 0 Å². The van der Waals surface area contributed by atoms with Crippen LogP contribution in [0.15, 0.2) is 101 Å². The van der Waals surface area contributed by atoms with Gasteiger partial charge in [0.1, 0.15) is 0 Å². The molecule has 0 aromatic heterocycles. The Hall–Kier alpha value is -3.04. The maximum Gasteiger partial charge on any atom is 0.191 e. The zero-order valence-corrected chi connectivity index (χ0v) is 17.6. The number of carbonyl (C=O) groups is 1. The van der Waals surface area contributed by atoms with Crippen molar-refractivity contribution in [2.75, 3.05) is 6.54 Å². The highest BCUT2D eigenvalue weighted by Gasteiger charge is 2.30. The SMILES string of the molecule is O=C(C1=C2SC=C(c3ccccc3)N2CCCC1)c1ccc(-c2ccccc2)cc1. The molecule has 3 aromatic rings. The molecular formula is C27H23NOS. The van der Waals surface area contributed by atoms with E-state index in [4.69, 9.17) is 0 Å². The molecule has 3 heteroatoms. The average molecular weight is 410 g/mol. The van der Waals surface area contributed by atoms with Gasteiger partial charge in [0.05, 0.1) is 10.7 Å². The maximum absolute atomic E-state index is 13.5. The van der Waals surface area contributed by atoms with Gasteiger partial charge >= 0.3 is 0 Å². The van der Waals surface area contributed by atoms with E-state index < -0.39 is 0 Å². The summed E-state index contributed by atoms with van der Waals surface area (Å²) in [5, 5.41) is 3.31. The molecule has 0 fully saturated rings. The number of benzene rings is 3. The maximum atomic E-state index is 13.5. The van der Waals surface area contributed by atoms with Crippen LogP contribution in [0.25, 0.3) is 16.8 Å². The Balaban J connectivity index is 1.45. The molecule has 2 aliphatic rings. The Bertz CT molecular complexity index is 1110. The summed E-state index contributed by atoms with van der Waals surface area (Å²) in [5.41, 5.74) is 6.45. The number of thioether (sulfide) groups is 1. The third-order valence-corrected chi connectivity index (χ3v) is 6.76. The van der Waals surface area contributed by atoms with Crippen molar-refractivity contribution in [3.63, 3.8) is 0 Å². The fraction of sp³-hybridized carbons (Fsp3) is 0.148. The topological polar surface area (TPSA) is 20.3 Å². The van der Waals surface area contributed by atoms with E-state index in [1.54, 1.807) is 11.8 Å². The first-order chi connectivity index (χ1) is 14.8. The Labute approximate surface area is 181 Å². The average Bonchev–Trinajstić information content (AvgIpc) is 3.12. The Morgan fingerprint density at radius 1 is 0.733 bits per heavy atom. The molecule has 0 bridgehead atoms. The molecule has 2 nitrogen and oxygen atoms in total. The molecule has 0 radical (unpaired) electrons. The van der Waals surface area contributed by atoms with Gasteiger partial charge in [0, 0.05) is 23.1 Å². The van der Waals surface area contributed by atoms with Gasteiger partial charge in [-0.15, -0.1) is 0 Å². The highest BCUT2D eigenvalue weighted by atomic mass is 32.2. The molecule has 0 unspecified atom stereocenters. The lowest BCUT2D eigenvalue weighted by atomic mass is 9.97. The van der Waals surface area contributed by atoms with Gasteiger partial charge in [0.25, 0.3) is 0 Å². The zero-order chi connectivity index (χ0) is 20.3. The van der Waals surface area contributed by atoms with Gasteiger partial charge in [0.2, 0.25) is 0 Å². The summed E-state index contributed by atoms with van der Waals surface area (Å²) in [6.07, 6.45) is 2.98. The summed E-state index contributed by atoms with van der Waals surface area (Å²) in [4.78, 5) is 15.8. The van der Waals surface area contributed by atoms with Gasteiger partial charge in [-0.3, -0.25) is 4.79 Å². The molecule has 0 amide bonds. The number of fused-ring (bicyclic) bond motifs is 1. The molecule has 2 aliphatic heterocycles. The first-order valence-corrected chi connectivity index (χ1v) is 11.3. The molecule has 148 valence electrons.